The molecule has 1 heterocycles. The molecule has 0 aromatic heterocycles. The van der Waals surface area contributed by atoms with Crippen LogP contribution >= 0.6 is 0 Å². The van der Waals surface area contributed by atoms with Gasteiger partial charge in [-0.2, -0.15) is 5.11 Å². The number of hydrogen-bond donors (Lipinski definition) is 1. The first-order valence-corrected chi connectivity index (χ1v) is 10.3. The summed E-state index contributed by atoms with van der Waals surface area (Å²) in [5.74, 6) is 0.851. The Morgan fingerprint density at radius 2 is 1.69 bits per heavy atom. The highest BCUT2D eigenvalue weighted by molar-refractivity contribution is 7.92. The van der Waals surface area contributed by atoms with E-state index in [1.54, 1.807) is 24.3 Å². The highest BCUT2D eigenvalue weighted by atomic mass is 32.2. The van der Waals surface area contributed by atoms with Crippen molar-refractivity contribution in [2.24, 2.45) is 15.2 Å². The Hall–Kier alpha value is -3.52. The molecule has 0 atom stereocenters. The Morgan fingerprint density at radius 1 is 0.897 bits per heavy atom. The molecule has 3 aromatic carbocycles. The van der Waals surface area contributed by atoms with E-state index in [-0.39, 0.29) is 11.6 Å². The van der Waals surface area contributed by atoms with E-state index < -0.39 is 10.0 Å². The number of anilines is 1. The largest absolute Gasteiger partial charge is 0.495 e. The Bertz CT molecular complexity index is 1210. The lowest BCUT2D eigenvalue weighted by molar-refractivity contribution is 0.417. The van der Waals surface area contributed by atoms with E-state index >= 15 is 0 Å². The van der Waals surface area contributed by atoms with Crippen LogP contribution in [0.5, 0.6) is 5.75 Å². The van der Waals surface area contributed by atoms with Crippen LogP contribution in [0.4, 0.5) is 5.69 Å². The van der Waals surface area contributed by atoms with Crippen LogP contribution in [0, 0.1) is 0 Å². The van der Waals surface area contributed by atoms with E-state index in [9.17, 15) is 8.42 Å². The highest BCUT2D eigenvalue weighted by Gasteiger charge is 2.19. The van der Waals surface area contributed by atoms with Crippen molar-refractivity contribution in [3.63, 3.8) is 0 Å². The van der Waals surface area contributed by atoms with E-state index in [0.29, 0.717) is 22.8 Å². The van der Waals surface area contributed by atoms with Gasteiger partial charge in [0.2, 0.25) is 0 Å². The number of hydrogen-bond acceptors (Lipinski definition) is 6. The summed E-state index contributed by atoms with van der Waals surface area (Å²) in [6, 6.07) is 21.5. The molecule has 0 spiro atoms. The maximum Gasteiger partial charge on any atom is 0.262 e. The molecule has 0 aliphatic carbocycles. The zero-order valence-electron chi connectivity index (χ0n) is 15.6. The number of nitrogens with one attached hydrogen (secondary N) is 1. The van der Waals surface area contributed by atoms with Crippen molar-refractivity contribution >= 4 is 21.5 Å². The molecule has 0 bridgehead atoms. The van der Waals surface area contributed by atoms with Gasteiger partial charge in [-0.3, -0.25) is 4.72 Å². The molecule has 8 heteroatoms. The van der Waals surface area contributed by atoms with E-state index in [1.165, 1.54) is 19.2 Å². The maximum absolute atomic E-state index is 13.0. The number of methoxy groups -OCH3 is 1. The molecule has 0 fully saturated rings. The number of aliphatic imine (C=N–C) groups is 1. The molecule has 146 valence electrons. The normalized spacial score (nSPS) is 13.2. The van der Waals surface area contributed by atoms with Crippen LogP contribution in [0.2, 0.25) is 0 Å². The summed E-state index contributed by atoms with van der Waals surface area (Å²) in [4.78, 5) is 4.24. The SMILES string of the molecule is COc1ccc(-c2ccccc2)cc1NS(=O)(=O)c1cccc(C2=NCN=N2)c1. The number of sulfonamides is 1. The van der Waals surface area contributed by atoms with Crippen molar-refractivity contribution in [3.05, 3.63) is 78.4 Å². The van der Waals surface area contributed by atoms with Crippen LogP contribution in [0.3, 0.4) is 0 Å². The summed E-state index contributed by atoms with van der Waals surface area (Å²) in [6.45, 7) is 0.258. The second kappa shape index (κ2) is 7.84. The molecule has 1 aliphatic heterocycles. The van der Waals surface area contributed by atoms with Crippen LogP contribution in [0.25, 0.3) is 11.1 Å². The molecule has 29 heavy (non-hydrogen) atoms. The summed E-state index contributed by atoms with van der Waals surface area (Å²) < 4.78 is 34.0. The number of nitrogens with zero attached hydrogens (tertiary/aromatic N) is 3. The molecular weight excluding hydrogens is 388 g/mol. The third-order valence-electron chi connectivity index (χ3n) is 4.40. The molecule has 0 unspecified atom stereocenters. The van der Waals surface area contributed by atoms with Gasteiger partial charge in [0, 0.05) is 5.56 Å². The first-order valence-electron chi connectivity index (χ1n) is 8.85. The van der Waals surface area contributed by atoms with Crippen molar-refractivity contribution in [2.75, 3.05) is 18.5 Å². The molecule has 0 radical (unpaired) electrons. The summed E-state index contributed by atoms with van der Waals surface area (Å²) in [7, 11) is -2.36. The minimum absolute atomic E-state index is 0.104. The Labute approximate surface area is 168 Å². The summed E-state index contributed by atoms with van der Waals surface area (Å²) in [6.07, 6.45) is 0. The average Bonchev–Trinajstić information content (AvgIpc) is 3.29. The fraction of sp³-hybridized carbons (Fsp3) is 0.0952. The van der Waals surface area contributed by atoms with Crippen LogP contribution < -0.4 is 9.46 Å². The van der Waals surface area contributed by atoms with Crippen LogP contribution in [-0.4, -0.2) is 28.0 Å². The molecule has 1 N–H and O–H groups in total. The van der Waals surface area contributed by atoms with E-state index in [4.69, 9.17) is 4.74 Å². The van der Waals surface area contributed by atoms with Gasteiger partial charge in [-0.25, -0.2) is 13.4 Å². The van der Waals surface area contributed by atoms with Crippen molar-refractivity contribution in [3.8, 4) is 16.9 Å². The van der Waals surface area contributed by atoms with Crippen LogP contribution in [-0.2, 0) is 10.0 Å². The third kappa shape index (κ3) is 4.02. The zero-order valence-corrected chi connectivity index (χ0v) is 16.4. The van der Waals surface area contributed by atoms with Crippen molar-refractivity contribution in [1.82, 2.24) is 0 Å². The van der Waals surface area contributed by atoms with Crippen LogP contribution in [0.1, 0.15) is 5.56 Å². The first-order chi connectivity index (χ1) is 14.1. The van der Waals surface area contributed by atoms with Crippen LogP contribution in [0.15, 0.2) is 92.9 Å². The summed E-state index contributed by atoms with van der Waals surface area (Å²) in [5.41, 5.74) is 2.80. The smallest absolute Gasteiger partial charge is 0.262 e. The molecule has 1 aliphatic rings. The van der Waals surface area contributed by atoms with Gasteiger partial charge in [0.25, 0.3) is 10.0 Å². The number of rotatable bonds is 6. The van der Waals surface area contributed by atoms with E-state index in [2.05, 4.69) is 19.9 Å². The van der Waals surface area contributed by atoms with Crippen molar-refractivity contribution in [1.29, 1.82) is 0 Å². The van der Waals surface area contributed by atoms with Gasteiger partial charge in [-0.15, -0.1) is 5.11 Å². The topological polar surface area (TPSA) is 92.5 Å². The average molecular weight is 406 g/mol. The van der Waals surface area contributed by atoms with Gasteiger partial charge in [0.1, 0.15) is 5.75 Å². The van der Waals surface area contributed by atoms with E-state index in [0.717, 1.165) is 11.1 Å². The van der Waals surface area contributed by atoms with Gasteiger partial charge in [0.15, 0.2) is 12.5 Å². The fourth-order valence-electron chi connectivity index (χ4n) is 2.98. The number of amidine groups is 1. The van der Waals surface area contributed by atoms with Crippen molar-refractivity contribution < 1.29 is 13.2 Å². The second-order valence-electron chi connectivity index (χ2n) is 6.28. The Balaban J connectivity index is 1.69. The second-order valence-corrected chi connectivity index (χ2v) is 7.96. The van der Waals surface area contributed by atoms with Gasteiger partial charge in [-0.05, 0) is 35.4 Å². The molecule has 0 saturated carbocycles. The lowest BCUT2D eigenvalue weighted by atomic mass is 10.1. The fourth-order valence-corrected chi connectivity index (χ4v) is 4.09. The number of ether oxygens (including phenoxy) is 1. The lowest BCUT2D eigenvalue weighted by Gasteiger charge is -2.14. The molecule has 3 aromatic rings. The van der Waals surface area contributed by atoms with Gasteiger partial charge < -0.3 is 4.74 Å². The minimum Gasteiger partial charge on any atom is -0.495 e. The zero-order chi connectivity index (χ0) is 20.3. The van der Waals surface area contributed by atoms with Gasteiger partial charge in [0.05, 0.1) is 17.7 Å². The molecular formula is C21H18N4O3S. The highest BCUT2D eigenvalue weighted by Crippen LogP contribution is 2.32. The predicted octanol–water partition coefficient (Wildman–Crippen LogP) is 4.33. The quantitative estimate of drug-likeness (QED) is 0.660. The predicted molar refractivity (Wildman–Crippen MR) is 112 cm³/mol. The Morgan fingerprint density at radius 3 is 2.41 bits per heavy atom. The molecule has 7 nitrogen and oxygen atoms in total. The summed E-state index contributed by atoms with van der Waals surface area (Å²) >= 11 is 0. The lowest BCUT2D eigenvalue weighted by Crippen LogP contribution is -2.14. The number of benzene rings is 3. The Kier molecular flexibility index (Phi) is 5.09. The monoisotopic (exact) mass is 406 g/mol. The standard InChI is InChI=1S/C21H18N4O3S/c1-28-20-11-10-16(15-6-3-2-4-7-15)13-19(20)25-29(26,27)18-9-5-8-17(12-18)21-22-14-23-24-21/h2-13,25H,14H2,1H3. The first kappa shape index (κ1) is 18.8. The van der Waals surface area contributed by atoms with Gasteiger partial charge in [-0.1, -0.05) is 48.5 Å². The molecule has 4 rings (SSSR count). The molecule has 0 saturated heterocycles. The summed E-state index contributed by atoms with van der Waals surface area (Å²) in [5, 5.41) is 7.73. The molecule has 0 amide bonds. The minimum atomic E-state index is -3.85. The van der Waals surface area contributed by atoms with E-state index in [1.807, 2.05) is 36.4 Å². The van der Waals surface area contributed by atoms with Gasteiger partial charge >= 0.3 is 0 Å². The number of azo groups is 1. The maximum atomic E-state index is 13.0. The van der Waals surface area contributed by atoms with Crippen molar-refractivity contribution in [2.45, 2.75) is 4.90 Å². The third-order valence-corrected chi connectivity index (χ3v) is 5.77.